The fraction of sp³-hybridized carbons (Fsp3) is 0.435. The molecular weight excluding hydrogens is 338 g/mol. The van der Waals surface area contributed by atoms with E-state index in [1.807, 2.05) is 26.0 Å². The highest BCUT2D eigenvalue weighted by atomic mass is 16.5. The number of H-pyrrole nitrogens is 1. The van der Waals surface area contributed by atoms with E-state index < -0.39 is 0 Å². The van der Waals surface area contributed by atoms with E-state index in [-0.39, 0.29) is 5.97 Å². The average molecular weight is 367 g/mol. The predicted octanol–water partition coefficient (Wildman–Crippen LogP) is 4.41. The third-order valence-electron chi connectivity index (χ3n) is 5.36. The first-order valence-electron chi connectivity index (χ1n) is 10.0. The number of furan rings is 1. The number of allylic oxidation sites excluding steroid dienone is 1. The molecule has 4 heteroatoms. The molecule has 0 unspecified atom stereocenters. The molecule has 0 aliphatic heterocycles. The molecule has 0 aromatic carbocycles. The Balaban J connectivity index is 0.00000102. The first-order valence-corrected chi connectivity index (χ1v) is 10.0. The molecule has 0 amide bonds. The highest BCUT2D eigenvalue weighted by molar-refractivity contribution is 5.91. The molecule has 0 radical (unpaired) electrons. The zero-order chi connectivity index (χ0) is 19.2. The maximum Gasteiger partial charge on any atom is 0.334 e. The van der Waals surface area contributed by atoms with Crippen molar-refractivity contribution in [2.45, 2.75) is 58.3 Å². The van der Waals surface area contributed by atoms with Gasteiger partial charge in [-0.05, 0) is 36.8 Å². The van der Waals surface area contributed by atoms with Crippen LogP contribution < -0.4 is 10.6 Å². The molecule has 2 aromatic rings. The molecule has 27 heavy (non-hydrogen) atoms. The minimum Gasteiger partial charge on any atom is -0.472 e. The van der Waals surface area contributed by atoms with E-state index in [0.717, 1.165) is 16.6 Å². The Kier molecular flexibility index (Phi) is 6.38. The van der Waals surface area contributed by atoms with Crippen LogP contribution in [0.3, 0.4) is 0 Å². The van der Waals surface area contributed by atoms with Crippen LogP contribution >= 0.6 is 0 Å². The summed E-state index contributed by atoms with van der Waals surface area (Å²) in [5, 5.41) is 2.30. The quantitative estimate of drug-likeness (QED) is 0.818. The van der Waals surface area contributed by atoms with Gasteiger partial charge in [0, 0.05) is 21.7 Å². The molecule has 0 saturated heterocycles. The Morgan fingerprint density at radius 3 is 2.63 bits per heavy atom. The van der Waals surface area contributed by atoms with Gasteiger partial charge in [-0.3, -0.25) is 0 Å². The van der Waals surface area contributed by atoms with Crippen LogP contribution in [0.4, 0.5) is 0 Å². The average Bonchev–Trinajstić information content (AvgIpc) is 3.33. The van der Waals surface area contributed by atoms with Crippen molar-refractivity contribution in [2.24, 2.45) is 0 Å². The summed E-state index contributed by atoms with van der Waals surface area (Å²) in [7, 11) is 1.43. The molecule has 0 bridgehead atoms. The van der Waals surface area contributed by atoms with Gasteiger partial charge in [-0.15, -0.1) is 0 Å². The van der Waals surface area contributed by atoms with Crippen LogP contribution in [-0.2, 0) is 9.53 Å². The summed E-state index contributed by atoms with van der Waals surface area (Å²) in [5.74, 6) is 0.295. The molecular formula is C23H29NO3. The third-order valence-corrected chi connectivity index (χ3v) is 5.36. The zero-order valence-corrected chi connectivity index (χ0v) is 16.5. The van der Waals surface area contributed by atoms with Gasteiger partial charge in [0.2, 0.25) is 0 Å². The lowest BCUT2D eigenvalue weighted by atomic mass is 9.82. The summed E-state index contributed by atoms with van der Waals surface area (Å²) in [6, 6.07) is 2.01. The zero-order valence-electron chi connectivity index (χ0n) is 16.5. The van der Waals surface area contributed by atoms with Gasteiger partial charge in [0.25, 0.3) is 0 Å². The summed E-state index contributed by atoms with van der Waals surface area (Å²) in [5.41, 5.74) is 4.31. The highest BCUT2D eigenvalue weighted by Crippen LogP contribution is 2.35. The van der Waals surface area contributed by atoms with Crippen LogP contribution in [0, 0.1) is 0 Å². The van der Waals surface area contributed by atoms with Crippen molar-refractivity contribution in [1.82, 2.24) is 4.98 Å². The Labute approximate surface area is 160 Å². The number of fused-ring (bicyclic) bond motifs is 1. The van der Waals surface area contributed by atoms with Gasteiger partial charge in [0.15, 0.2) is 0 Å². The maximum atomic E-state index is 11.9. The second-order valence-corrected chi connectivity index (χ2v) is 6.85. The molecule has 144 valence electrons. The predicted molar refractivity (Wildman–Crippen MR) is 109 cm³/mol. The van der Waals surface area contributed by atoms with Gasteiger partial charge in [-0.2, -0.15) is 0 Å². The van der Waals surface area contributed by atoms with E-state index in [0.29, 0.717) is 17.9 Å². The number of nitrogens with one attached hydrogen (secondary N) is 1. The monoisotopic (exact) mass is 367 g/mol. The minimum absolute atomic E-state index is 0.257. The number of ether oxygens (including phenoxy) is 1. The van der Waals surface area contributed by atoms with Crippen LogP contribution in [0.1, 0.15) is 63.9 Å². The van der Waals surface area contributed by atoms with Crippen LogP contribution in [-0.4, -0.2) is 18.1 Å². The molecule has 1 N–H and O–H groups in total. The number of carbonyl (C=O) groups excluding carboxylic acids is 1. The molecule has 1 fully saturated rings. The number of esters is 1. The number of hydrogen-bond acceptors (Lipinski definition) is 3. The van der Waals surface area contributed by atoms with E-state index in [4.69, 9.17) is 9.15 Å². The van der Waals surface area contributed by atoms with Crippen LogP contribution in [0.2, 0.25) is 0 Å². The Hall–Kier alpha value is -2.49. The summed E-state index contributed by atoms with van der Waals surface area (Å²) in [6.45, 7) is 4.00. The van der Waals surface area contributed by atoms with Gasteiger partial charge in [-0.25, -0.2) is 4.79 Å². The second-order valence-electron chi connectivity index (χ2n) is 6.85. The summed E-state index contributed by atoms with van der Waals surface area (Å²) < 4.78 is 10.2. The van der Waals surface area contributed by atoms with Crippen LogP contribution in [0.15, 0.2) is 34.7 Å². The number of carbonyl (C=O) groups is 1. The van der Waals surface area contributed by atoms with E-state index in [1.54, 1.807) is 12.5 Å². The van der Waals surface area contributed by atoms with E-state index in [9.17, 15) is 4.79 Å². The SMILES string of the molecule is CC.COC(=O)C1=CC=c2c(C3CCCCC3)c(-c3ccoc3)[nH]c2=CC1. The fourth-order valence-electron chi connectivity index (χ4n) is 4.09. The van der Waals surface area contributed by atoms with Gasteiger partial charge >= 0.3 is 5.97 Å². The fourth-order valence-corrected chi connectivity index (χ4v) is 4.09. The van der Waals surface area contributed by atoms with E-state index in [1.165, 1.54) is 50.0 Å². The van der Waals surface area contributed by atoms with Gasteiger partial charge in [0.1, 0.15) is 0 Å². The topological polar surface area (TPSA) is 55.2 Å². The Bertz CT molecular complexity index is 910. The van der Waals surface area contributed by atoms with E-state index >= 15 is 0 Å². The molecule has 0 atom stereocenters. The van der Waals surface area contributed by atoms with Gasteiger partial charge < -0.3 is 14.1 Å². The first kappa shape index (κ1) is 19.3. The number of aromatic amines is 1. The number of rotatable bonds is 3. The third kappa shape index (κ3) is 3.95. The van der Waals surface area contributed by atoms with Gasteiger partial charge in [-0.1, -0.05) is 51.3 Å². The lowest BCUT2D eigenvalue weighted by Gasteiger charge is -2.22. The second kappa shape index (κ2) is 8.94. The lowest BCUT2D eigenvalue weighted by molar-refractivity contribution is -0.136. The summed E-state index contributed by atoms with van der Waals surface area (Å²) >= 11 is 0. The molecule has 4 rings (SSSR count). The van der Waals surface area contributed by atoms with Gasteiger partial charge in [0.05, 0.1) is 25.3 Å². The lowest BCUT2D eigenvalue weighted by Crippen LogP contribution is -2.26. The molecule has 1 saturated carbocycles. The largest absolute Gasteiger partial charge is 0.472 e. The summed E-state index contributed by atoms with van der Waals surface area (Å²) in [4.78, 5) is 15.5. The summed E-state index contributed by atoms with van der Waals surface area (Å²) in [6.07, 6.45) is 16.5. The van der Waals surface area contributed by atoms with Crippen LogP contribution in [0.5, 0.6) is 0 Å². The minimum atomic E-state index is -0.257. The van der Waals surface area contributed by atoms with E-state index in [2.05, 4.69) is 17.1 Å². The molecule has 0 spiro atoms. The molecule has 2 aliphatic carbocycles. The molecule has 2 aliphatic rings. The Morgan fingerprint density at radius 1 is 1.19 bits per heavy atom. The van der Waals surface area contributed by atoms with Crippen molar-refractivity contribution in [3.63, 3.8) is 0 Å². The smallest absolute Gasteiger partial charge is 0.334 e. The maximum absolute atomic E-state index is 11.9. The van der Waals surface area contributed by atoms with Crippen molar-refractivity contribution in [2.75, 3.05) is 7.11 Å². The van der Waals surface area contributed by atoms with Crippen molar-refractivity contribution in [1.29, 1.82) is 0 Å². The van der Waals surface area contributed by atoms with Crippen LogP contribution in [0.25, 0.3) is 23.4 Å². The Morgan fingerprint density at radius 2 is 1.96 bits per heavy atom. The normalized spacial score (nSPS) is 16.6. The van der Waals surface area contributed by atoms with Crippen molar-refractivity contribution >= 4 is 18.1 Å². The van der Waals surface area contributed by atoms with Crippen molar-refractivity contribution in [3.8, 4) is 11.3 Å². The molecule has 2 heterocycles. The molecule has 2 aromatic heterocycles. The number of aromatic nitrogens is 1. The van der Waals surface area contributed by atoms with Crippen molar-refractivity contribution in [3.05, 3.63) is 46.4 Å². The number of methoxy groups -OCH3 is 1. The van der Waals surface area contributed by atoms with Crippen molar-refractivity contribution < 1.29 is 13.9 Å². The standard InChI is InChI=1S/C21H23NO3.C2H6/c1-24-21(23)15-7-9-17-18(10-8-15)22-20(16-11-12-25-13-16)19(17)14-5-3-2-4-6-14;1-2/h7,9-14,22H,2-6,8H2,1H3;1-2H3. The first-order chi connectivity index (χ1) is 13.3. The highest BCUT2D eigenvalue weighted by Gasteiger charge is 2.23. The molecule has 4 nitrogen and oxygen atoms in total. The number of hydrogen-bond donors (Lipinski definition) is 1.